The zero-order valence-corrected chi connectivity index (χ0v) is 16.9. The van der Waals surface area contributed by atoms with Crippen molar-refractivity contribution < 1.29 is 9.18 Å². The third kappa shape index (κ3) is 4.34. The van der Waals surface area contributed by atoms with Crippen molar-refractivity contribution in [3.63, 3.8) is 0 Å². The number of hydrogen-bond acceptors (Lipinski definition) is 6. The van der Waals surface area contributed by atoms with Crippen LogP contribution in [0.1, 0.15) is 18.1 Å². The van der Waals surface area contributed by atoms with Crippen molar-refractivity contribution in [2.75, 3.05) is 11.9 Å². The number of benzene rings is 2. The Hall–Kier alpha value is -2.45. The minimum Gasteiger partial charge on any atom is -0.337 e. The van der Waals surface area contributed by atoms with Gasteiger partial charge in [0.1, 0.15) is 5.82 Å². The number of fused-ring (bicyclic) bond motifs is 1. The molecule has 3 aromatic rings. The van der Waals surface area contributed by atoms with E-state index >= 15 is 0 Å². The van der Waals surface area contributed by atoms with Crippen LogP contribution in [0.25, 0.3) is 0 Å². The number of aromatic nitrogens is 2. The maximum atomic E-state index is 13.3. The molecule has 28 heavy (non-hydrogen) atoms. The van der Waals surface area contributed by atoms with Crippen LogP contribution in [0, 0.1) is 5.82 Å². The van der Waals surface area contributed by atoms with E-state index < -0.39 is 0 Å². The fourth-order valence-corrected chi connectivity index (χ4v) is 5.14. The molecule has 0 unspecified atom stereocenters. The summed E-state index contributed by atoms with van der Waals surface area (Å²) in [6.45, 7) is 3.29. The number of hydrogen-bond donors (Lipinski definition) is 1. The van der Waals surface area contributed by atoms with Gasteiger partial charge in [0.25, 0.3) is 0 Å². The molecular weight excluding hydrogens is 395 g/mol. The van der Waals surface area contributed by atoms with Gasteiger partial charge in [0.15, 0.2) is 4.34 Å². The van der Waals surface area contributed by atoms with E-state index in [-0.39, 0.29) is 17.0 Å². The molecule has 4 rings (SSSR count). The summed E-state index contributed by atoms with van der Waals surface area (Å²) in [4.78, 5) is 14.8. The molecule has 0 aliphatic carbocycles. The summed E-state index contributed by atoms with van der Waals surface area (Å²) >= 11 is 2.75. The highest BCUT2D eigenvalue weighted by molar-refractivity contribution is 8.02. The molecule has 1 amide bonds. The fourth-order valence-electron chi connectivity index (χ4n) is 3.14. The number of carbonyl (C=O) groups excluding carboxylic acids is 1. The highest BCUT2D eigenvalue weighted by Gasteiger charge is 2.26. The number of rotatable bonds is 5. The topological polar surface area (TPSA) is 58.1 Å². The fraction of sp³-hybridized carbons (Fsp3) is 0.250. The number of amides is 1. The van der Waals surface area contributed by atoms with Crippen molar-refractivity contribution in [2.45, 2.75) is 29.5 Å². The Bertz CT molecular complexity index is 994. The highest BCUT2D eigenvalue weighted by Crippen LogP contribution is 2.32. The Labute approximate surface area is 171 Å². The van der Waals surface area contributed by atoms with Gasteiger partial charge in [-0.2, -0.15) is 0 Å². The zero-order valence-electron chi connectivity index (χ0n) is 15.3. The van der Waals surface area contributed by atoms with Gasteiger partial charge in [-0.3, -0.25) is 4.79 Å². The van der Waals surface area contributed by atoms with Crippen molar-refractivity contribution in [1.29, 1.82) is 0 Å². The Balaban J connectivity index is 1.37. The van der Waals surface area contributed by atoms with Gasteiger partial charge >= 0.3 is 0 Å². The average molecular weight is 415 g/mol. The van der Waals surface area contributed by atoms with E-state index in [1.54, 1.807) is 12.1 Å². The molecule has 0 spiro atoms. The summed E-state index contributed by atoms with van der Waals surface area (Å²) < 4.78 is 14.0. The molecule has 144 valence electrons. The Morgan fingerprint density at radius 3 is 2.86 bits per heavy atom. The van der Waals surface area contributed by atoms with Crippen LogP contribution in [-0.4, -0.2) is 32.8 Å². The monoisotopic (exact) mass is 414 g/mol. The van der Waals surface area contributed by atoms with Crippen LogP contribution in [0.15, 0.2) is 52.9 Å². The first-order valence-corrected chi connectivity index (χ1v) is 10.7. The second-order valence-electron chi connectivity index (χ2n) is 6.55. The summed E-state index contributed by atoms with van der Waals surface area (Å²) in [7, 11) is 0. The van der Waals surface area contributed by atoms with Gasteiger partial charge in [0.05, 0.1) is 5.25 Å². The number of thioether (sulfide) groups is 1. The Morgan fingerprint density at radius 1 is 1.21 bits per heavy atom. The van der Waals surface area contributed by atoms with Gasteiger partial charge in [0, 0.05) is 18.8 Å². The number of nitrogens with zero attached hydrogens (tertiary/aromatic N) is 3. The minimum absolute atomic E-state index is 0.106. The second kappa shape index (κ2) is 8.28. The van der Waals surface area contributed by atoms with Crippen molar-refractivity contribution in [2.24, 2.45) is 0 Å². The number of nitrogens with one attached hydrogen (secondary N) is 1. The van der Waals surface area contributed by atoms with Gasteiger partial charge < -0.3 is 10.2 Å². The van der Waals surface area contributed by atoms with E-state index in [1.165, 1.54) is 46.4 Å². The van der Waals surface area contributed by atoms with Crippen molar-refractivity contribution in [1.82, 2.24) is 15.1 Å². The van der Waals surface area contributed by atoms with Crippen molar-refractivity contribution in [3.8, 4) is 0 Å². The maximum Gasteiger partial charge on any atom is 0.236 e. The van der Waals surface area contributed by atoms with Gasteiger partial charge in [-0.1, -0.05) is 53.4 Å². The predicted octanol–water partition coefficient (Wildman–Crippen LogP) is 4.49. The molecule has 0 fully saturated rings. The minimum atomic E-state index is -0.313. The maximum absolute atomic E-state index is 13.3. The molecule has 0 saturated carbocycles. The van der Waals surface area contributed by atoms with Crippen LogP contribution in [-0.2, 0) is 17.8 Å². The Kier molecular flexibility index (Phi) is 5.59. The SMILES string of the molecule is C[C@H](Sc1nnc(Nc2cccc(F)c2)s1)C(=O)N1CCc2ccccc2C1. The molecule has 5 nitrogen and oxygen atoms in total. The van der Waals surface area contributed by atoms with E-state index in [0.29, 0.717) is 21.7 Å². The summed E-state index contributed by atoms with van der Waals surface area (Å²) in [6.07, 6.45) is 0.889. The van der Waals surface area contributed by atoms with Crippen LogP contribution in [0.4, 0.5) is 15.2 Å². The number of anilines is 2. The lowest BCUT2D eigenvalue weighted by molar-refractivity contribution is -0.131. The van der Waals surface area contributed by atoms with E-state index in [0.717, 1.165) is 13.0 Å². The van der Waals surface area contributed by atoms with Crippen LogP contribution >= 0.6 is 23.1 Å². The van der Waals surface area contributed by atoms with Crippen molar-refractivity contribution in [3.05, 3.63) is 65.5 Å². The van der Waals surface area contributed by atoms with Crippen LogP contribution in [0.2, 0.25) is 0 Å². The molecule has 8 heteroatoms. The molecule has 1 aliphatic heterocycles. The summed E-state index contributed by atoms with van der Waals surface area (Å²) in [5.41, 5.74) is 3.16. The van der Waals surface area contributed by atoms with Crippen LogP contribution < -0.4 is 5.32 Å². The highest BCUT2D eigenvalue weighted by atomic mass is 32.2. The first-order valence-electron chi connectivity index (χ1n) is 8.97. The molecule has 1 atom stereocenters. The summed E-state index contributed by atoms with van der Waals surface area (Å²) in [5.74, 6) is -0.208. The third-order valence-electron chi connectivity index (χ3n) is 4.55. The second-order valence-corrected chi connectivity index (χ2v) is 9.11. The molecule has 1 aliphatic rings. The zero-order chi connectivity index (χ0) is 19.5. The van der Waals surface area contributed by atoms with Crippen LogP contribution in [0.5, 0.6) is 0 Å². The average Bonchev–Trinajstić information content (AvgIpc) is 3.13. The molecule has 0 bridgehead atoms. The Morgan fingerprint density at radius 2 is 2.04 bits per heavy atom. The standard InChI is InChI=1S/C20H19FN4OS2/c1-13(18(26)25-10-9-14-5-2-3-6-15(14)12-25)27-20-24-23-19(28-20)22-17-8-4-7-16(21)11-17/h2-8,11,13H,9-10,12H2,1H3,(H,22,23)/t13-/m0/s1. The van der Waals surface area contributed by atoms with Gasteiger partial charge in [-0.05, 0) is 42.7 Å². The molecule has 0 radical (unpaired) electrons. The van der Waals surface area contributed by atoms with E-state index in [9.17, 15) is 9.18 Å². The number of carbonyl (C=O) groups is 1. The first-order chi connectivity index (χ1) is 13.6. The quantitative estimate of drug-likeness (QED) is 0.624. The molecular formula is C20H19FN4OS2. The molecule has 2 aromatic carbocycles. The summed E-state index contributed by atoms with van der Waals surface area (Å²) in [5, 5.41) is 11.6. The van der Waals surface area contributed by atoms with E-state index in [2.05, 4.69) is 27.6 Å². The summed E-state index contributed by atoms with van der Waals surface area (Å²) in [6, 6.07) is 14.4. The molecule has 1 aromatic heterocycles. The van der Waals surface area contributed by atoms with E-state index in [1.807, 2.05) is 24.0 Å². The first kappa shape index (κ1) is 18.9. The normalized spacial score (nSPS) is 14.4. The van der Waals surface area contributed by atoms with Gasteiger partial charge in [-0.15, -0.1) is 10.2 Å². The lowest BCUT2D eigenvalue weighted by Gasteiger charge is -2.30. The molecule has 2 heterocycles. The van der Waals surface area contributed by atoms with E-state index in [4.69, 9.17) is 0 Å². The molecule has 0 saturated heterocycles. The third-order valence-corrected chi connectivity index (χ3v) is 6.56. The smallest absolute Gasteiger partial charge is 0.236 e. The predicted molar refractivity (Wildman–Crippen MR) is 110 cm³/mol. The van der Waals surface area contributed by atoms with Gasteiger partial charge in [-0.25, -0.2) is 4.39 Å². The van der Waals surface area contributed by atoms with Crippen LogP contribution in [0.3, 0.4) is 0 Å². The van der Waals surface area contributed by atoms with Gasteiger partial charge in [0.2, 0.25) is 11.0 Å². The lowest BCUT2D eigenvalue weighted by Crippen LogP contribution is -2.40. The van der Waals surface area contributed by atoms with Crippen molar-refractivity contribution >= 4 is 39.8 Å². The largest absolute Gasteiger partial charge is 0.337 e. The lowest BCUT2D eigenvalue weighted by atomic mass is 10.00. The number of halogens is 1. The molecule has 1 N–H and O–H groups in total.